The van der Waals surface area contributed by atoms with Gasteiger partial charge in [-0.1, -0.05) is 19.3 Å². The van der Waals surface area contributed by atoms with Gasteiger partial charge in [0.05, 0.1) is 5.92 Å². The van der Waals surface area contributed by atoms with Crippen LogP contribution in [0.25, 0.3) is 0 Å². The van der Waals surface area contributed by atoms with Gasteiger partial charge in [0, 0.05) is 6.54 Å². The quantitative estimate of drug-likeness (QED) is 0.798. The Morgan fingerprint density at radius 2 is 1.75 bits per heavy atom. The van der Waals surface area contributed by atoms with Crippen molar-refractivity contribution in [3.63, 3.8) is 0 Å². The highest BCUT2D eigenvalue weighted by atomic mass is 16.4. The number of rotatable bonds is 4. The molecule has 1 saturated heterocycles. The summed E-state index contributed by atoms with van der Waals surface area (Å²) < 4.78 is 0. The van der Waals surface area contributed by atoms with E-state index >= 15 is 0 Å². The van der Waals surface area contributed by atoms with E-state index in [0.29, 0.717) is 5.92 Å². The molecular weight excluding hydrogens is 202 g/mol. The number of aliphatic carboxylic acids is 1. The van der Waals surface area contributed by atoms with Crippen LogP contribution in [-0.4, -0.2) is 35.6 Å². The molecule has 1 saturated carbocycles. The Morgan fingerprint density at radius 3 is 2.19 bits per heavy atom. The zero-order valence-electron chi connectivity index (χ0n) is 10.0. The fourth-order valence-electron chi connectivity index (χ4n) is 2.87. The summed E-state index contributed by atoms with van der Waals surface area (Å²) in [5, 5.41) is 9.28. The maximum atomic E-state index is 11.3. The molecule has 1 unspecified atom stereocenters. The van der Waals surface area contributed by atoms with Crippen LogP contribution in [0.5, 0.6) is 0 Å². The van der Waals surface area contributed by atoms with Crippen molar-refractivity contribution >= 4 is 5.97 Å². The SMILES string of the molecule is O=C(O)C(CN1CCCCCC1)C1CCC1. The molecule has 1 atom stereocenters. The van der Waals surface area contributed by atoms with E-state index in [-0.39, 0.29) is 5.92 Å². The number of carboxylic acid groups (broad SMARTS) is 1. The molecule has 0 spiro atoms. The van der Waals surface area contributed by atoms with Gasteiger partial charge in [0.15, 0.2) is 0 Å². The molecular formula is C13H23NO2. The zero-order chi connectivity index (χ0) is 11.4. The Kier molecular flexibility index (Phi) is 4.22. The van der Waals surface area contributed by atoms with E-state index < -0.39 is 5.97 Å². The number of carboxylic acids is 1. The largest absolute Gasteiger partial charge is 0.481 e. The second-order valence-electron chi connectivity index (χ2n) is 5.35. The predicted molar refractivity (Wildman–Crippen MR) is 63.4 cm³/mol. The Balaban J connectivity index is 1.85. The summed E-state index contributed by atoms with van der Waals surface area (Å²) >= 11 is 0. The average Bonchev–Trinajstić information content (AvgIpc) is 2.42. The van der Waals surface area contributed by atoms with Gasteiger partial charge in [-0.15, -0.1) is 0 Å². The number of likely N-dealkylation sites (tertiary alicyclic amines) is 1. The first-order valence-electron chi connectivity index (χ1n) is 6.72. The molecule has 92 valence electrons. The molecule has 2 rings (SSSR count). The van der Waals surface area contributed by atoms with E-state index in [1.165, 1.54) is 32.1 Å². The van der Waals surface area contributed by atoms with Gasteiger partial charge in [-0.05, 0) is 44.7 Å². The third kappa shape index (κ3) is 2.97. The zero-order valence-corrected chi connectivity index (χ0v) is 10.0. The molecule has 0 aromatic carbocycles. The van der Waals surface area contributed by atoms with Crippen LogP contribution in [-0.2, 0) is 4.79 Å². The van der Waals surface area contributed by atoms with Crippen LogP contribution < -0.4 is 0 Å². The maximum Gasteiger partial charge on any atom is 0.308 e. The van der Waals surface area contributed by atoms with Crippen LogP contribution in [0.2, 0.25) is 0 Å². The summed E-state index contributed by atoms with van der Waals surface area (Å²) in [7, 11) is 0. The summed E-state index contributed by atoms with van der Waals surface area (Å²) in [4.78, 5) is 13.6. The summed E-state index contributed by atoms with van der Waals surface area (Å²) in [5.74, 6) is -0.221. The maximum absolute atomic E-state index is 11.3. The van der Waals surface area contributed by atoms with Crippen molar-refractivity contribution in [1.82, 2.24) is 4.90 Å². The highest BCUT2D eigenvalue weighted by Gasteiger charge is 2.33. The lowest BCUT2D eigenvalue weighted by atomic mass is 9.75. The normalized spacial score (nSPS) is 25.8. The minimum Gasteiger partial charge on any atom is -0.481 e. The Morgan fingerprint density at radius 1 is 1.12 bits per heavy atom. The van der Waals surface area contributed by atoms with Crippen molar-refractivity contribution in [3.8, 4) is 0 Å². The first-order chi connectivity index (χ1) is 7.77. The first-order valence-corrected chi connectivity index (χ1v) is 6.72. The van der Waals surface area contributed by atoms with E-state index in [2.05, 4.69) is 4.90 Å². The fourth-order valence-corrected chi connectivity index (χ4v) is 2.87. The Labute approximate surface area is 97.8 Å². The molecule has 0 amide bonds. The minimum absolute atomic E-state index is 0.105. The van der Waals surface area contributed by atoms with E-state index in [9.17, 15) is 9.90 Å². The van der Waals surface area contributed by atoms with Gasteiger partial charge in [0.1, 0.15) is 0 Å². The lowest BCUT2D eigenvalue weighted by Gasteiger charge is -2.34. The third-order valence-electron chi connectivity index (χ3n) is 4.19. The van der Waals surface area contributed by atoms with Crippen molar-refractivity contribution in [2.75, 3.05) is 19.6 Å². The lowest BCUT2D eigenvalue weighted by Crippen LogP contribution is -2.39. The second-order valence-corrected chi connectivity index (χ2v) is 5.35. The molecule has 1 aliphatic heterocycles. The van der Waals surface area contributed by atoms with Gasteiger partial charge in [-0.3, -0.25) is 4.79 Å². The van der Waals surface area contributed by atoms with Crippen molar-refractivity contribution < 1.29 is 9.90 Å². The smallest absolute Gasteiger partial charge is 0.308 e. The number of nitrogens with zero attached hydrogens (tertiary/aromatic N) is 1. The predicted octanol–water partition coefficient (Wildman–Crippen LogP) is 2.36. The van der Waals surface area contributed by atoms with E-state index in [1.807, 2.05) is 0 Å². The van der Waals surface area contributed by atoms with Crippen molar-refractivity contribution in [1.29, 1.82) is 0 Å². The third-order valence-corrected chi connectivity index (χ3v) is 4.19. The standard InChI is InChI=1S/C13H23NO2/c15-13(16)12(11-6-5-7-11)10-14-8-3-1-2-4-9-14/h11-12H,1-10H2,(H,15,16). The van der Waals surface area contributed by atoms with Crippen LogP contribution >= 0.6 is 0 Å². The van der Waals surface area contributed by atoms with E-state index in [0.717, 1.165) is 32.5 Å². The van der Waals surface area contributed by atoms with Crippen LogP contribution in [0, 0.1) is 11.8 Å². The Hall–Kier alpha value is -0.570. The van der Waals surface area contributed by atoms with E-state index in [1.54, 1.807) is 0 Å². The summed E-state index contributed by atoms with van der Waals surface area (Å²) in [6, 6.07) is 0. The molecule has 2 fully saturated rings. The fraction of sp³-hybridized carbons (Fsp3) is 0.923. The Bertz CT molecular complexity index is 230. The molecule has 1 N–H and O–H groups in total. The highest BCUT2D eigenvalue weighted by Crippen LogP contribution is 2.34. The average molecular weight is 225 g/mol. The van der Waals surface area contributed by atoms with Gasteiger partial charge in [0.2, 0.25) is 0 Å². The second kappa shape index (κ2) is 5.67. The topological polar surface area (TPSA) is 40.5 Å². The highest BCUT2D eigenvalue weighted by molar-refractivity contribution is 5.70. The number of hydrogen-bond acceptors (Lipinski definition) is 2. The van der Waals surface area contributed by atoms with Gasteiger partial charge < -0.3 is 10.0 Å². The van der Waals surface area contributed by atoms with Gasteiger partial charge in [-0.2, -0.15) is 0 Å². The number of hydrogen-bond donors (Lipinski definition) is 1. The molecule has 0 bridgehead atoms. The van der Waals surface area contributed by atoms with Gasteiger partial charge in [0.25, 0.3) is 0 Å². The van der Waals surface area contributed by atoms with Crippen LogP contribution in [0.3, 0.4) is 0 Å². The molecule has 2 aliphatic rings. The first kappa shape index (κ1) is 11.9. The molecule has 0 radical (unpaired) electrons. The van der Waals surface area contributed by atoms with Crippen molar-refractivity contribution in [3.05, 3.63) is 0 Å². The summed E-state index contributed by atoms with van der Waals surface area (Å²) in [6.45, 7) is 3.01. The lowest BCUT2D eigenvalue weighted by molar-refractivity contribution is -0.145. The van der Waals surface area contributed by atoms with Crippen molar-refractivity contribution in [2.45, 2.75) is 44.9 Å². The molecule has 16 heavy (non-hydrogen) atoms. The molecule has 3 nitrogen and oxygen atoms in total. The van der Waals surface area contributed by atoms with Crippen molar-refractivity contribution in [2.24, 2.45) is 11.8 Å². The van der Waals surface area contributed by atoms with Crippen LogP contribution in [0.1, 0.15) is 44.9 Å². The van der Waals surface area contributed by atoms with Crippen LogP contribution in [0.15, 0.2) is 0 Å². The molecule has 0 aromatic heterocycles. The number of carbonyl (C=O) groups is 1. The minimum atomic E-state index is -0.575. The van der Waals surface area contributed by atoms with E-state index in [4.69, 9.17) is 0 Å². The van der Waals surface area contributed by atoms with Crippen LogP contribution in [0.4, 0.5) is 0 Å². The summed E-state index contributed by atoms with van der Waals surface area (Å²) in [5.41, 5.74) is 0. The molecule has 0 aromatic rings. The molecule has 1 heterocycles. The van der Waals surface area contributed by atoms with Gasteiger partial charge >= 0.3 is 5.97 Å². The molecule has 1 aliphatic carbocycles. The summed E-state index contributed by atoms with van der Waals surface area (Å²) in [6.07, 6.45) is 8.62. The monoisotopic (exact) mass is 225 g/mol. The molecule has 3 heteroatoms. The van der Waals surface area contributed by atoms with Gasteiger partial charge in [-0.25, -0.2) is 0 Å².